The SMILES string of the molecule is CCC(C(=O)N1CCN(C2=Nc3ccc(C)cc3Oc3ccc(OC)cc32)CC1C)c1ccccc1. The van der Waals surface area contributed by atoms with Crippen LogP contribution in [-0.2, 0) is 4.79 Å². The van der Waals surface area contributed by atoms with E-state index in [1.54, 1.807) is 7.11 Å². The van der Waals surface area contributed by atoms with Crippen LogP contribution >= 0.6 is 0 Å². The van der Waals surface area contributed by atoms with Gasteiger partial charge in [-0.25, -0.2) is 4.99 Å². The number of benzene rings is 3. The van der Waals surface area contributed by atoms with Crippen LogP contribution in [-0.4, -0.2) is 54.3 Å². The van der Waals surface area contributed by atoms with Crippen LogP contribution in [0.2, 0.25) is 0 Å². The Kier molecular flexibility index (Phi) is 6.68. The van der Waals surface area contributed by atoms with Gasteiger partial charge in [0.1, 0.15) is 23.0 Å². The Morgan fingerprint density at radius 2 is 1.89 bits per heavy atom. The predicted molar refractivity (Wildman–Crippen MR) is 143 cm³/mol. The molecule has 0 saturated carbocycles. The lowest BCUT2D eigenvalue weighted by Gasteiger charge is -2.42. The molecule has 1 fully saturated rings. The lowest BCUT2D eigenvalue weighted by Crippen LogP contribution is -2.56. The molecule has 2 aliphatic heterocycles. The molecule has 3 aromatic rings. The molecule has 36 heavy (non-hydrogen) atoms. The molecule has 2 atom stereocenters. The number of hydrogen-bond acceptors (Lipinski definition) is 5. The highest BCUT2D eigenvalue weighted by Gasteiger charge is 2.34. The molecule has 3 aromatic carbocycles. The Hall–Kier alpha value is -3.80. The van der Waals surface area contributed by atoms with Crippen molar-refractivity contribution >= 4 is 17.4 Å². The van der Waals surface area contributed by atoms with Gasteiger partial charge in [-0.2, -0.15) is 0 Å². The number of carbonyl (C=O) groups excluding carboxylic acids is 1. The van der Waals surface area contributed by atoms with E-state index in [1.807, 2.05) is 66.4 Å². The lowest BCUT2D eigenvalue weighted by molar-refractivity contribution is -0.136. The Bertz CT molecular complexity index is 1290. The summed E-state index contributed by atoms with van der Waals surface area (Å²) in [5.41, 5.74) is 3.89. The fourth-order valence-corrected chi connectivity index (χ4v) is 5.14. The van der Waals surface area contributed by atoms with E-state index in [1.165, 1.54) is 0 Å². The van der Waals surface area contributed by atoms with Crippen LogP contribution in [0.25, 0.3) is 0 Å². The number of ether oxygens (including phenoxy) is 2. The third-order valence-corrected chi connectivity index (χ3v) is 7.11. The molecular formula is C30H33N3O3. The maximum Gasteiger partial charge on any atom is 0.230 e. The van der Waals surface area contributed by atoms with Crippen LogP contribution in [0.1, 0.15) is 42.9 Å². The van der Waals surface area contributed by atoms with Gasteiger partial charge < -0.3 is 19.3 Å². The van der Waals surface area contributed by atoms with Crippen LogP contribution in [0.15, 0.2) is 71.7 Å². The molecule has 2 heterocycles. The maximum absolute atomic E-state index is 13.6. The third-order valence-electron chi connectivity index (χ3n) is 7.11. The summed E-state index contributed by atoms with van der Waals surface area (Å²) < 4.78 is 11.8. The summed E-state index contributed by atoms with van der Waals surface area (Å²) in [6, 6.07) is 22.0. The van der Waals surface area contributed by atoms with Crippen LogP contribution in [0.3, 0.4) is 0 Å². The Labute approximate surface area is 213 Å². The summed E-state index contributed by atoms with van der Waals surface area (Å²) in [6.45, 7) is 8.28. The minimum atomic E-state index is -0.121. The number of nitrogens with zero attached hydrogens (tertiary/aromatic N) is 3. The largest absolute Gasteiger partial charge is 0.497 e. The second-order valence-corrected chi connectivity index (χ2v) is 9.57. The summed E-state index contributed by atoms with van der Waals surface area (Å²) in [4.78, 5) is 23.0. The van der Waals surface area contributed by atoms with Crippen molar-refractivity contribution in [2.75, 3.05) is 26.7 Å². The first-order valence-electron chi connectivity index (χ1n) is 12.6. The highest BCUT2D eigenvalue weighted by Crippen LogP contribution is 2.40. The van der Waals surface area contributed by atoms with Gasteiger partial charge >= 0.3 is 0 Å². The normalized spacial score (nSPS) is 17.8. The zero-order valence-electron chi connectivity index (χ0n) is 21.4. The minimum absolute atomic E-state index is 0.0439. The highest BCUT2D eigenvalue weighted by atomic mass is 16.5. The summed E-state index contributed by atoms with van der Waals surface area (Å²) in [7, 11) is 1.66. The van der Waals surface area contributed by atoms with Crippen molar-refractivity contribution in [3.05, 3.63) is 83.4 Å². The molecule has 0 radical (unpaired) electrons. The van der Waals surface area contributed by atoms with E-state index < -0.39 is 0 Å². The molecule has 5 rings (SSSR count). The van der Waals surface area contributed by atoms with Crippen molar-refractivity contribution < 1.29 is 14.3 Å². The molecule has 0 N–H and O–H groups in total. The number of aryl methyl sites for hydroxylation is 1. The van der Waals surface area contributed by atoms with Crippen molar-refractivity contribution in [2.45, 2.75) is 39.2 Å². The minimum Gasteiger partial charge on any atom is -0.497 e. The van der Waals surface area contributed by atoms with E-state index >= 15 is 0 Å². The average molecular weight is 484 g/mol. The van der Waals surface area contributed by atoms with Crippen LogP contribution in [0.5, 0.6) is 17.2 Å². The number of aliphatic imine (C=N–C) groups is 1. The number of methoxy groups -OCH3 is 1. The predicted octanol–water partition coefficient (Wildman–Crippen LogP) is 5.91. The van der Waals surface area contributed by atoms with Crippen molar-refractivity contribution in [3.63, 3.8) is 0 Å². The average Bonchev–Trinajstić information content (AvgIpc) is 3.05. The third kappa shape index (κ3) is 4.55. The van der Waals surface area contributed by atoms with Gasteiger partial charge in [0.2, 0.25) is 5.91 Å². The quantitative estimate of drug-likeness (QED) is 0.463. The summed E-state index contributed by atoms with van der Waals surface area (Å²) in [5, 5.41) is 0. The van der Waals surface area contributed by atoms with E-state index in [-0.39, 0.29) is 17.9 Å². The van der Waals surface area contributed by atoms with Crippen molar-refractivity contribution in [3.8, 4) is 17.2 Å². The molecule has 186 valence electrons. The van der Waals surface area contributed by atoms with Crippen molar-refractivity contribution in [1.82, 2.24) is 9.80 Å². The smallest absolute Gasteiger partial charge is 0.230 e. The standard InChI is InChI=1S/C30H33N3O3/c1-5-24(22-9-7-6-8-10-22)30(34)33-16-15-32(19-21(33)3)29-25-18-23(35-4)12-14-27(25)36-28-17-20(2)11-13-26(28)31-29/h6-14,17-18,21,24H,5,15-16,19H2,1-4H3. The van der Waals surface area contributed by atoms with Gasteiger partial charge in [-0.05, 0) is 61.7 Å². The molecule has 0 aliphatic carbocycles. The summed E-state index contributed by atoms with van der Waals surface area (Å²) in [6.07, 6.45) is 0.781. The van der Waals surface area contributed by atoms with E-state index in [0.717, 1.165) is 51.9 Å². The van der Waals surface area contributed by atoms with Gasteiger partial charge in [0.05, 0.1) is 18.6 Å². The summed E-state index contributed by atoms with van der Waals surface area (Å²) in [5.74, 6) is 3.17. The van der Waals surface area contributed by atoms with Crippen LogP contribution in [0.4, 0.5) is 5.69 Å². The zero-order chi connectivity index (χ0) is 25.2. The molecule has 0 spiro atoms. The topological polar surface area (TPSA) is 54.4 Å². The number of amidine groups is 1. The molecule has 1 saturated heterocycles. The number of fused-ring (bicyclic) bond motifs is 2. The fourth-order valence-electron chi connectivity index (χ4n) is 5.14. The van der Waals surface area contributed by atoms with E-state index in [2.05, 4.69) is 30.9 Å². The van der Waals surface area contributed by atoms with Gasteiger partial charge in [-0.3, -0.25) is 4.79 Å². The number of carbonyl (C=O) groups is 1. The lowest BCUT2D eigenvalue weighted by atomic mass is 9.94. The first-order valence-corrected chi connectivity index (χ1v) is 12.6. The molecule has 6 nitrogen and oxygen atoms in total. The molecule has 0 bridgehead atoms. The van der Waals surface area contributed by atoms with Crippen molar-refractivity contribution in [2.24, 2.45) is 4.99 Å². The van der Waals surface area contributed by atoms with Gasteiger partial charge in [0.25, 0.3) is 0 Å². The van der Waals surface area contributed by atoms with Crippen LogP contribution < -0.4 is 9.47 Å². The molecule has 0 aromatic heterocycles. The monoisotopic (exact) mass is 483 g/mol. The van der Waals surface area contributed by atoms with Gasteiger partial charge in [-0.15, -0.1) is 0 Å². The second kappa shape index (κ2) is 10.1. The highest BCUT2D eigenvalue weighted by molar-refractivity contribution is 6.04. The number of amides is 1. The molecule has 2 unspecified atom stereocenters. The van der Waals surface area contributed by atoms with Gasteiger partial charge in [0.15, 0.2) is 5.75 Å². The first-order chi connectivity index (χ1) is 17.5. The second-order valence-electron chi connectivity index (χ2n) is 9.57. The molecule has 2 aliphatic rings. The fraction of sp³-hybridized carbons (Fsp3) is 0.333. The van der Waals surface area contributed by atoms with E-state index in [9.17, 15) is 4.79 Å². The number of piperazine rings is 1. The Morgan fingerprint density at radius 3 is 2.61 bits per heavy atom. The van der Waals surface area contributed by atoms with E-state index in [4.69, 9.17) is 14.5 Å². The van der Waals surface area contributed by atoms with Gasteiger partial charge in [0, 0.05) is 25.7 Å². The van der Waals surface area contributed by atoms with Crippen LogP contribution in [0, 0.1) is 6.92 Å². The molecule has 1 amide bonds. The Balaban J connectivity index is 1.45. The number of rotatable bonds is 4. The molecule has 6 heteroatoms. The zero-order valence-corrected chi connectivity index (χ0v) is 21.4. The van der Waals surface area contributed by atoms with Crippen molar-refractivity contribution in [1.29, 1.82) is 0 Å². The first kappa shape index (κ1) is 23.9. The summed E-state index contributed by atoms with van der Waals surface area (Å²) >= 11 is 0. The van der Waals surface area contributed by atoms with E-state index in [0.29, 0.717) is 19.6 Å². The maximum atomic E-state index is 13.6. The Morgan fingerprint density at radius 1 is 1.08 bits per heavy atom. The van der Waals surface area contributed by atoms with Gasteiger partial charge in [-0.1, -0.05) is 43.3 Å². The number of hydrogen-bond donors (Lipinski definition) is 0. The molecular weight excluding hydrogens is 450 g/mol.